The summed E-state index contributed by atoms with van der Waals surface area (Å²) in [6, 6.07) is 6.06. The second-order valence-electron chi connectivity index (χ2n) is 4.63. The average molecular weight is 240 g/mol. The summed E-state index contributed by atoms with van der Waals surface area (Å²) >= 11 is 0. The normalized spacial score (nSPS) is 27.6. The molecule has 1 aromatic carbocycles. The van der Waals surface area contributed by atoms with Crippen LogP contribution in [0.15, 0.2) is 29.2 Å². The minimum absolute atomic E-state index is 0.265. The number of benzene rings is 1. The Hall–Kier alpha value is -0.700. The van der Waals surface area contributed by atoms with E-state index in [9.17, 15) is 8.60 Å². The first-order valence-corrected chi connectivity index (χ1v) is 7.04. The van der Waals surface area contributed by atoms with Gasteiger partial charge in [-0.25, -0.2) is 4.39 Å². The van der Waals surface area contributed by atoms with E-state index >= 15 is 0 Å². The van der Waals surface area contributed by atoms with Gasteiger partial charge in [0.2, 0.25) is 0 Å². The van der Waals surface area contributed by atoms with Crippen molar-refractivity contribution in [3.8, 4) is 0 Å². The lowest BCUT2D eigenvalue weighted by atomic mass is 9.91. The molecule has 88 valence electrons. The molecule has 3 heteroatoms. The SMILES string of the molecule is CC1CCC(S(=O)c2ccc(F)cc2)CC1. The van der Waals surface area contributed by atoms with Gasteiger partial charge in [0.15, 0.2) is 0 Å². The minimum atomic E-state index is -0.960. The lowest BCUT2D eigenvalue weighted by Crippen LogP contribution is -2.22. The highest BCUT2D eigenvalue weighted by Gasteiger charge is 2.23. The molecule has 0 saturated heterocycles. The van der Waals surface area contributed by atoms with Gasteiger partial charge in [-0.3, -0.25) is 4.21 Å². The molecule has 0 aromatic heterocycles. The molecule has 0 radical (unpaired) electrons. The fourth-order valence-electron chi connectivity index (χ4n) is 2.20. The monoisotopic (exact) mass is 240 g/mol. The largest absolute Gasteiger partial charge is 0.254 e. The Morgan fingerprint density at radius 1 is 1.12 bits per heavy atom. The highest BCUT2D eigenvalue weighted by Crippen LogP contribution is 2.29. The Morgan fingerprint density at radius 3 is 2.25 bits per heavy atom. The van der Waals surface area contributed by atoms with Crippen LogP contribution in [0.5, 0.6) is 0 Å². The number of halogens is 1. The molecule has 0 amide bonds. The Bertz CT molecular complexity index is 366. The summed E-state index contributed by atoms with van der Waals surface area (Å²) in [5.41, 5.74) is 0. The third kappa shape index (κ3) is 2.70. The van der Waals surface area contributed by atoms with Crippen molar-refractivity contribution in [3.63, 3.8) is 0 Å². The molecule has 1 fully saturated rings. The molecule has 1 aromatic rings. The molecule has 1 aliphatic carbocycles. The summed E-state index contributed by atoms with van der Waals surface area (Å²) in [5, 5.41) is 0.265. The van der Waals surface area contributed by atoms with Crippen molar-refractivity contribution in [2.75, 3.05) is 0 Å². The van der Waals surface area contributed by atoms with E-state index < -0.39 is 10.8 Å². The van der Waals surface area contributed by atoms with Gasteiger partial charge in [-0.2, -0.15) is 0 Å². The number of rotatable bonds is 2. The Morgan fingerprint density at radius 2 is 1.69 bits per heavy atom. The van der Waals surface area contributed by atoms with Crippen LogP contribution in [0.1, 0.15) is 32.6 Å². The average Bonchev–Trinajstić information content (AvgIpc) is 2.30. The molecule has 1 saturated carbocycles. The fourth-order valence-corrected chi connectivity index (χ4v) is 3.69. The maximum atomic E-state index is 12.7. The molecule has 1 unspecified atom stereocenters. The molecule has 0 aliphatic heterocycles. The van der Waals surface area contributed by atoms with E-state index in [-0.39, 0.29) is 11.1 Å². The molecule has 1 nitrogen and oxygen atoms in total. The smallest absolute Gasteiger partial charge is 0.123 e. The summed E-state index contributed by atoms with van der Waals surface area (Å²) < 4.78 is 25.0. The van der Waals surface area contributed by atoms with Crippen LogP contribution in [0.3, 0.4) is 0 Å². The zero-order valence-electron chi connectivity index (χ0n) is 9.49. The van der Waals surface area contributed by atoms with E-state index in [1.165, 1.54) is 12.1 Å². The van der Waals surface area contributed by atoms with E-state index in [0.717, 1.165) is 36.5 Å². The van der Waals surface area contributed by atoms with Gasteiger partial charge < -0.3 is 0 Å². The van der Waals surface area contributed by atoms with Crippen molar-refractivity contribution in [1.82, 2.24) is 0 Å². The van der Waals surface area contributed by atoms with Crippen LogP contribution in [0.4, 0.5) is 4.39 Å². The van der Waals surface area contributed by atoms with Crippen LogP contribution < -0.4 is 0 Å². The van der Waals surface area contributed by atoms with Gasteiger partial charge in [0, 0.05) is 10.1 Å². The first kappa shape index (κ1) is 11.8. The Labute approximate surface area is 98.5 Å². The van der Waals surface area contributed by atoms with E-state index in [4.69, 9.17) is 0 Å². The highest BCUT2D eigenvalue weighted by atomic mass is 32.2. The van der Waals surface area contributed by atoms with Crippen LogP contribution in [-0.2, 0) is 10.8 Å². The van der Waals surface area contributed by atoms with Crippen molar-refractivity contribution in [1.29, 1.82) is 0 Å². The molecule has 2 rings (SSSR count). The Kier molecular flexibility index (Phi) is 3.74. The molecule has 0 bridgehead atoms. The van der Waals surface area contributed by atoms with Crippen molar-refractivity contribution >= 4 is 10.8 Å². The standard InChI is InChI=1S/C13H17FOS/c1-10-2-6-12(7-3-10)16(15)13-8-4-11(14)5-9-13/h4-5,8-10,12H,2-3,6-7H2,1H3. The van der Waals surface area contributed by atoms with Crippen molar-refractivity contribution in [2.45, 2.75) is 42.8 Å². The maximum absolute atomic E-state index is 12.7. The zero-order chi connectivity index (χ0) is 11.5. The van der Waals surface area contributed by atoms with Gasteiger partial charge in [-0.1, -0.05) is 6.92 Å². The van der Waals surface area contributed by atoms with Gasteiger partial charge in [0.05, 0.1) is 10.8 Å². The van der Waals surface area contributed by atoms with E-state index in [0.29, 0.717) is 0 Å². The third-order valence-corrected chi connectivity index (χ3v) is 5.13. The first-order chi connectivity index (χ1) is 7.66. The van der Waals surface area contributed by atoms with Crippen molar-refractivity contribution in [2.24, 2.45) is 5.92 Å². The van der Waals surface area contributed by atoms with Crippen LogP contribution in [0.25, 0.3) is 0 Å². The lowest BCUT2D eigenvalue weighted by Gasteiger charge is -2.25. The quantitative estimate of drug-likeness (QED) is 0.773. The molecule has 1 aliphatic rings. The van der Waals surface area contributed by atoms with Crippen LogP contribution in [0, 0.1) is 11.7 Å². The van der Waals surface area contributed by atoms with E-state index in [2.05, 4.69) is 6.92 Å². The summed E-state index contributed by atoms with van der Waals surface area (Å²) in [6.07, 6.45) is 4.39. The fraction of sp³-hybridized carbons (Fsp3) is 0.538. The van der Waals surface area contributed by atoms with Crippen LogP contribution in [0.2, 0.25) is 0 Å². The third-order valence-electron chi connectivity index (χ3n) is 3.31. The topological polar surface area (TPSA) is 17.1 Å². The van der Waals surface area contributed by atoms with Gasteiger partial charge >= 0.3 is 0 Å². The molecule has 0 N–H and O–H groups in total. The van der Waals surface area contributed by atoms with Gasteiger partial charge in [0.1, 0.15) is 5.82 Å². The summed E-state index contributed by atoms with van der Waals surface area (Å²) in [6.45, 7) is 2.25. The highest BCUT2D eigenvalue weighted by molar-refractivity contribution is 7.85. The number of hydrogen-bond donors (Lipinski definition) is 0. The molecular weight excluding hydrogens is 223 g/mol. The second-order valence-corrected chi connectivity index (χ2v) is 6.37. The van der Waals surface area contributed by atoms with Gasteiger partial charge in [0.25, 0.3) is 0 Å². The molecular formula is C13H17FOS. The van der Waals surface area contributed by atoms with E-state index in [1.807, 2.05) is 0 Å². The van der Waals surface area contributed by atoms with Gasteiger partial charge in [-0.15, -0.1) is 0 Å². The molecule has 0 spiro atoms. The van der Waals surface area contributed by atoms with Crippen LogP contribution >= 0.6 is 0 Å². The minimum Gasteiger partial charge on any atom is -0.254 e. The zero-order valence-corrected chi connectivity index (χ0v) is 10.3. The van der Waals surface area contributed by atoms with Crippen LogP contribution in [-0.4, -0.2) is 9.46 Å². The molecule has 1 atom stereocenters. The predicted octanol–water partition coefficient (Wildman–Crippen LogP) is 3.51. The first-order valence-electron chi connectivity index (χ1n) is 5.83. The summed E-state index contributed by atoms with van der Waals surface area (Å²) in [5.74, 6) is 0.500. The summed E-state index contributed by atoms with van der Waals surface area (Å²) in [7, 11) is -0.960. The second kappa shape index (κ2) is 5.09. The molecule has 0 heterocycles. The number of hydrogen-bond acceptors (Lipinski definition) is 1. The van der Waals surface area contributed by atoms with Crippen molar-refractivity contribution < 1.29 is 8.60 Å². The van der Waals surface area contributed by atoms with E-state index in [1.54, 1.807) is 12.1 Å². The summed E-state index contributed by atoms with van der Waals surface area (Å²) in [4.78, 5) is 0.765. The maximum Gasteiger partial charge on any atom is 0.123 e. The van der Waals surface area contributed by atoms with Gasteiger partial charge in [-0.05, 0) is 55.9 Å². The lowest BCUT2D eigenvalue weighted by molar-refractivity contribution is 0.389. The Balaban J connectivity index is 2.05. The predicted molar refractivity (Wildman–Crippen MR) is 64.2 cm³/mol. The van der Waals surface area contributed by atoms with Crippen molar-refractivity contribution in [3.05, 3.63) is 30.1 Å². The molecule has 16 heavy (non-hydrogen) atoms.